The van der Waals surface area contributed by atoms with Crippen LogP contribution in [0.25, 0.3) is 0 Å². The first-order valence-corrected chi connectivity index (χ1v) is 7.84. The van der Waals surface area contributed by atoms with Crippen LogP contribution >= 0.6 is 0 Å². The van der Waals surface area contributed by atoms with Crippen molar-refractivity contribution >= 4 is 35.3 Å². The number of nitrogens with zero attached hydrogens (tertiary/aromatic N) is 2. The van der Waals surface area contributed by atoms with Gasteiger partial charge in [0, 0.05) is 0 Å². The summed E-state index contributed by atoms with van der Waals surface area (Å²) in [5.74, 6) is -1.28. The number of ketones is 4. The average molecular weight is 372 g/mol. The van der Waals surface area contributed by atoms with Crippen LogP contribution < -0.4 is 0 Å². The minimum absolute atomic E-state index is 0.275. The second-order valence-electron chi connectivity index (χ2n) is 5.75. The van der Waals surface area contributed by atoms with Gasteiger partial charge in [-0.2, -0.15) is 0 Å². The second kappa shape index (κ2) is 11.7. The minimum atomic E-state index is -0.893. The molecule has 10 heteroatoms. The van der Waals surface area contributed by atoms with Crippen molar-refractivity contribution in [1.82, 2.24) is 9.80 Å². The third-order valence-corrected chi connectivity index (χ3v) is 2.70. The van der Waals surface area contributed by atoms with Crippen molar-refractivity contribution in [2.24, 2.45) is 0 Å². The highest BCUT2D eigenvalue weighted by molar-refractivity contribution is 5.87. The SMILES string of the molecule is CC(=O)CN(CC(C)=O)C(=O)OCCOC(=O)N(CC(C)=O)CC(C)=O. The molecule has 0 rings (SSSR count). The van der Waals surface area contributed by atoms with Crippen molar-refractivity contribution in [3.63, 3.8) is 0 Å². The van der Waals surface area contributed by atoms with Crippen molar-refractivity contribution in [3.8, 4) is 0 Å². The maximum atomic E-state index is 11.8. The predicted octanol–water partition coefficient (Wildman–Crippen LogP) is 0.220. The van der Waals surface area contributed by atoms with E-state index in [1.807, 2.05) is 0 Å². The summed E-state index contributed by atoms with van der Waals surface area (Å²) in [5.41, 5.74) is 0. The van der Waals surface area contributed by atoms with Gasteiger partial charge in [-0.15, -0.1) is 0 Å². The fourth-order valence-electron chi connectivity index (χ4n) is 1.89. The molecule has 2 amide bonds. The molecule has 0 heterocycles. The Kier molecular flexibility index (Phi) is 10.5. The van der Waals surface area contributed by atoms with Gasteiger partial charge in [-0.25, -0.2) is 9.59 Å². The largest absolute Gasteiger partial charge is 0.446 e. The van der Waals surface area contributed by atoms with Crippen LogP contribution in [0.5, 0.6) is 0 Å². The Morgan fingerprint density at radius 1 is 0.538 bits per heavy atom. The molecule has 10 nitrogen and oxygen atoms in total. The highest BCUT2D eigenvalue weighted by atomic mass is 16.6. The lowest BCUT2D eigenvalue weighted by atomic mass is 10.3. The first kappa shape index (κ1) is 23.2. The van der Waals surface area contributed by atoms with Crippen LogP contribution in [0.3, 0.4) is 0 Å². The number of carbonyl (C=O) groups is 6. The Bertz CT molecular complexity index is 491. The number of amides is 2. The Balaban J connectivity index is 4.46. The summed E-state index contributed by atoms with van der Waals surface area (Å²) in [6.07, 6.45) is -1.79. The van der Waals surface area contributed by atoms with Crippen molar-refractivity contribution in [2.75, 3.05) is 39.4 Å². The van der Waals surface area contributed by atoms with Crippen LogP contribution in [0.1, 0.15) is 27.7 Å². The maximum Gasteiger partial charge on any atom is 0.410 e. The zero-order valence-electron chi connectivity index (χ0n) is 15.4. The normalized spacial score (nSPS) is 9.85. The summed E-state index contributed by atoms with van der Waals surface area (Å²) >= 11 is 0. The first-order chi connectivity index (χ1) is 12.0. The van der Waals surface area contributed by atoms with Gasteiger partial charge in [0.2, 0.25) is 0 Å². The van der Waals surface area contributed by atoms with Gasteiger partial charge in [-0.3, -0.25) is 29.0 Å². The van der Waals surface area contributed by atoms with Gasteiger partial charge >= 0.3 is 12.2 Å². The summed E-state index contributed by atoms with van der Waals surface area (Å²) < 4.78 is 9.70. The number of ether oxygens (including phenoxy) is 2. The van der Waals surface area contributed by atoms with Crippen molar-refractivity contribution in [3.05, 3.63) is 0 Å². The van der Waals surface area contributed by atoms with Crippen LogP contribution in [0, 0.1) is 0 Å². The van der Waals surface area contributed by atoms with E-state index < -0.39 is 12.2 Å². The molecule has 0 N–H and O–H groups in total. The van der Waals surface area contributed by atoms with Crippen LogP contribution in [0.15, 0.2) is 0 Å². The number of Topliss-reactive ketones (excluding diaryl/α,β-unsaturated/α-hetero) is 4. The maximum absolute atomic E-state index is 11.8. The van der Waals surface area contributed by atoms with Gasteiger partial charge in [-0.1, -0.05) is 0 Å². The second-order valence-corrected chi connectivity index (χ2v) is 5.75. The fourth-order valence-corrected chi connectivity index (χ4v) is 1.89. The fraction of sp³-hybridized carbons (Fsp3) is 0.625. The van der Waals surface area contributed by atoms with E-state index in [1.54, 1.807) is 0 Å². The molecule has 0 aromatic carbocycles. The molecule has 146 valence electrons. The lowest BCUT2D eigenvalue weighted by molar-refractivity contribution is -0.122. The van der Waals surface area contributed by atoms with Gasteiger partial charge in [0.05, 0.1) is 26.2 Å². The summed E-state index contributed by atoms with van der Waals surface area (Å²) in [4.78, 5) is 70.0. The Labute approximate surface area is 151 Å². The Hall–Kier alpha value is -2.78. The minimum Gasteiger partial charge on any atom is -0.446 e. The smallest absolute Gasteiger partial charge is 0.410 e. The third-order valence-electron chi connectivity index (χ3n) is 2.70. The summed E-state index contributed by atoms with van der Waals surface area (Å²) in [6, 6.07) is 0. The molecule has 0 aromatic rings. The lowest BCUT2D eigenvalue weighted by Crippen LogP contribution is -2.40. The van der Waals surface area contributed by atoms with Crippen LogP contribution in [0.2, 0.25) is 0 Å². The number of rotatable bonds is 11. The van der Waals surface area contributed by atoms with Crippen LogP contribution in [0.4, 0.5) is 9.59 Å². The van der Waals surface area contributed by atoms with E-state index in [0.717, 1.165) is 9.80 Å². The molecule has 0 fully saturated rings. The van der Waals surface area contributed by atoms with E-state index in [0.29, 0.717) is 0 Å². The van der Waals surface area contributed by atoms with E-state index >= 15 is 0 Å². The summed E-state index contributed by atoms with van der Waals surface area (Å²) in [7, 11) is 0. The molecule has 0 aliphatic heterocycles. The van der Waals surface area contributed by atoms with Gasteiger partial charge in [0.25, 0.3) is 0 Å². The molecule has 0 saturated carbocycles. The van der Waals surface area contributed by atoms with Gasteiger partial charge in [-0.05, 0) is 27.7 Å². The zero-order valence-corrected chi connectivity index (χ0v) is 15.4. The lowest BCUT2D eigenvalue weighted by Gasteiger charge is -2.21. The molecular weight excluding hydrogens is 348 g/mol. The van der Waals surface area contributed by atoms with Gasteiger partial charge in [0.1, 0.15) is 36.3 Å². The summed E-state index contributed by atoms with van der Waals surface area (Å²) in [6.45, 7) is 3.33. The molecule has 0 aliphatic carbocycles. The summed E-state index contributed by atoms with van der Waals surface area (Å²) in [5, 5.41) is 0. The zero-order chi connectivity index (χ0) is 20.3. The van der Waals surface area contributed by atoms with E-state index in [-0.39, 0.29) is 62.5 Å². The molecule has 0 bridgehead atoms. The number of carbonyl (C=O) groups excluding carboxylic acids is 6. The van der Waals surface area contributed by atoms with E-state index in [4.69, 9.17) is 9.47 Å². The molecule has 0 spiro atoms. The predicted molar refractivity (Wildman–Crippen MR) is 88.6 cm³/mol. The number of hydrogen-bond acceptors (Lipinski definition) is 8. The van der Waals surface area contributed by atoms with Gasteiger partial charge < -0.3 is 9.47 Å². The Morgan fingerprint density at radius 2 is 0.769 bits per heavy atom. The van der Waals surface area contributed by atoms with E-state index in [1.165, 1.54) is 27.7 Å². The quantitative estimate of drug-likeness (QED) is 0.471. The third kappa shape index (κ3) is 10.9. The molecule has 0 aromatic heterocycles. The van der Waals surface area contributed by atoms with Crippen molar-refractivity contribution in [1.29, 1.82) is 0 Å². The first-order valence-electron chi connectivity index (χ1n) is 7.84. The van der Waals surface area contributed by atoms with E-state index in [9.17, 15) is 28.8 Å². The monoisotopic (exact) mass is 372 g/mol. The Morgan fingerprint density at radius 3 is 0.962 bits per heavy atom. The number of hydrogen-bond donors (Lipinski definition) is 0. The van der Waals surface area contributed by atoms with Crippen molar-refractivity contribution < 1.29 is 38.2 Å². The van der Waals surface area contributed by atoms with Crippen molar-refractivity contribution in [2.45, 2.75) is 27.7 Å². The molecule has 26 heavy (non-hydrogen) atoms. The molecule has 0 unspecified atom stereocenters. The molecule has 0 radical (unpaired) electrons. The standard InChI is InChI=1S/C16H24N2O8/c1-11(19)7-17(8-12(2)20)15(23)25-5-6-26-16(24)18(9-13(3)21)10-14(4)22/h5-10H2,1-4H3. The van der Waals surface area contributed by atoms with Crippen LogP contribution in [-0.2, 0) is 28.7 Å². The molecular formula is C16H24N2O8. The van der Waals surface area contributed by atoms with Gasteiger partial charge in [0.15, 0.2) is 0 Å². The van der Waals surface area contributed by atoms with Crippen LogP contribution in [-0.4, -0.2) is 84.5 Å². The van der Waals surface area contributed by atoms with E-state index in [2.05, 4.69) is 0 Å². The topological polar surface area (TPSA) is 127 Å². The highest BCUT2D eigenvalue weighted by Gasteiger charge is 2.20. The molecule has 0 saturated heterocycles. The highest BCUT2D eigenvalue weighted by Crippen LogP contribution is 1.98. The molecule has 0 aliphatic rings. The average Bonchev–Trinajstić information content (AvgIpc) is 2.47. The molecule has 0 atom stereocenters.